The molecule has 1 rings (SSSR count). The zero-order chi connectivity index (χ0) is 15.2. The van der Waals surface area contributed by atoms with Crippen molar-refractivity contribution in [2.75, 3.05) is 0 Å². The van der Waals surface area contributed by atoms with E-state index in [1.54, 1.807) is 0 Å². The van der Waals surface area contributed by atoms with E-state index in [9.17, 15) is 14.7 Å². The summed E-state index contributed by atoms with van der Waals surface area (Å²) in [4.78, 5) is 22.6. The highest BCUT2D eigenvalue weighted by atomic mass is 16.5. The van der Waals surface area contributed by atoms with E-state index < -0.39 is 18.1 Å². The van der Waals surface area contributed by atoms with E-state index in [2.05, 4.69) is 5.32 Å². The molecule has 0 saturated carbocycles. The van der Waals surface area contributed by atoms with E-state index in [1.807, 2.05) is 51.1 Å². The number of hydrogen-bond donors (Lipinski definition) is 1. The Morgan fingerprint density at radius 1 is 1.25 bits per heavy atom. The molecule has 0 aliphatic rings. The van der Waals surface area contributed by atoms with Gasteiger partial charge >= 0.3 is 6.09 Å². The third kappa shape index (κ3) is 6.22. The fourth-order valence-electron chi connectivity index (χ4n) is 1.71. The van der Waals surface area contributed by atoms with Crippen LogP contribution in [0, 0.1) is 5.41 Å². The van der Waals surface area contributed by atoms with Gasteiger partial charge in [0.15, 0.2) is 0 Å². The minimum atomic E-state index is -1.31. The zero-order valence-corrected chi connectivity index (χ0v) is 12.0. The summed E-state index contributed by atoms with van der Waals surface area (Å²) in [6, 6.07) is 8.11. The van der Waals surface area contributed by atoms with Gasteiger partial charge in [0, 0.05) is 0 Å². The van der Waals surface area contributed by atoms with Crippen LogP contribution in [0.3, 0.4) is 0 Å². The van der Waals surface area contributed by atoms with Crippen molar-refractivity contribution in [3.05, 3.63) is 35.9 Å². The lowest BCUT2D eigenvalue weighted by Gasteiger charge is -2.27. The maximum absolute atomic E-state index is 11.6. The summed E-state index contributed by atoms with van der Waals surface area (Å²) in [6.45, 7) is 5.77. The van der Waals surface area contributed by atoms with Crippen LogP contribution in [0.5, 0.6) is 0 Å². The van der Waals surface area contributed by atoms with Crippen molar-refractivity contribution in [3.63, 3.8) is 0 Å². The molecular formula is C15H20NO4-. The van der Waals surface area contributed by atoms with Gasteiger partial charge in [-0.25, -0.2) is 4.79 Å². The molecular weight excluding hydrogens is 258 g/mol. The molecule has 0 aromatic heterocycles. The minimum absolute atomic E-state index is 0.0992. The lowest BCUT2D eigenvalue weighted by Crippen LogP contribution is -2.49. The summed E-state index contributed by atoms with van der Waals surface area (Å²) in [7, 11) is 0. The van der Waals surface area contributed by atoms with Gasteiger partial charge in [-0.05, 0) is 17.4 Å². The molecule has 0 unspecified atom stereocenters. The maximum atomic E-state index is 11.6. The minimum Gasteiger partial charge on any atom is -0.548 e. The van der Waals surface area contributed by atoms with E-state index in [-0.39, 0.29) is 18.4 Å². The molecule has 0 aliphatic heterocycles. The number of carboxylic acids is 1. The average molecular weight is 278 g/mol. The van der Waals surface area contributed by atoms with Crippen LogP contribution in [0.4, 0.5) is 4.79 Å². The Labute approximate surface area is 118 Å². The molecule has 0 heterocycles. The van der Waals surface area contributed by atoms with Crippen LogP contribution in [0.25, 0.3) is 0 Å². The lowest BCUT2D eigenvalue weighted by molar-refractivity contribution is -0.308. The number of carboxylic acid groups (broad SMARTS) is 1. The molecule has 0 radical (unpaired) electrons. The van der Waals surface area contributed by atoms with Crippen LogP contribution in [0.1, 0.15) is 32.8 Å². The Bertz CT molecular complexity index is 451. The molecule has 20 heavy (non-hydrogen) atoms. The zero-order valence-electron chi connectivity index (χ0n) is 12.0. The van der Waals surface area contributed by atoms with E-state index in [0.717, 1.165) is 5.56 Å². The predicted octanol–water partition coefficient (Wildman–Crippen LogP) is 1.47. The van der Waals surface area contributed by atoms with Crippen molar-refractivity contribution in [2.45, 2.75) is 39.8 Å². The molecule has 110 valence electrons. The summed E-state index contributed by atoms with van der Waals surface area (Å²) >= 11 is 0. The molecule has 0 bridgehead atoms. The molecule has 5 heteroatoms. The smallest absolute Gasteiger partial charge is 0.407 e. The van der Waals surface area contributed by atoms with Crippen LogP contribution in [0.15, 0.2) is 30.3 Å². The van der Waals surface area contributed by atoms with Crippen molar-refractivity contribution >= 4 is 12.1 Å². The first-order valence-corrected chi connectivity index (χ1v) is 6.46. The second-order valence-corrected chi connectivity index (χ2v) is 5.84. The molecule has 0 saturated heterocycles. The standard InChI is InChI=1S/C15H21NO4/c1-15(2,3)9-12(13(17)18)16-14(19)20-10-11-7-5-4-6-8-11/h4-8,12H,9-10H2,1-3H3,(H,16,19)(H,17,18)/p-1/t12-/m0/s1. The van der Waals surface area contributed by atoms with Crippen molar-refractivity contribution in [3.8, 4) is 0 Å². The molecule has 1 atom stereocenters. The lowest BCUT2D eigenvalue weighted by atomic mass is 9.88. The van der Waals surface area contributed by atoms with Crippen molar-refractivity contribution in [2.24, 2.45) is 5.41 Å². The van der Waals surface area contributed by atoms with Gasteiger partial charge in [-0.1, -0.05) is 51.1 Å². The largest absolute Gasteiger partial charge is 0.548 e. The molecule has 0 aliphatic carbocycles. The second kappa shape index (κ2) is 6.93. The Balaban J connectivity index is 2.48. The Hall–Kier alpha value is -2.04. The quantitative estimate of drug-likeness (QED) is 0.884. The molecule has 5 nitrogen and oxygen atoms in total. The van der Waals surface area contributed by atoms with Gasteiger partial charge in [-0.15, -0.1) is 0 Å². The first-order chi connectivity index (χ1) is 9.28. The average Bonchev–Trinajstić information content (AvgIpc) is 2.35. The monoisotopic (exact) mass is 278 g/mol. The Morgan fingerprint density at radius 3 is 2.35 bits per heavy atom. The van der Waals surface area contributed by atoms with Crippen molar-refractivity contribution in [1.29, 1.82) is 0 Å². The molecule has 1 aromatic carbocycles. The molecule has 1 aromatic rings. The Morgan fingerprint density at radius 2 is 1.85 bits per heavy atom. The van der Waals surface area contributed by atoms with E-state index in [1.165, 1.54) is 0 Å². The predicted molar refractivity (Wildman–Crippen MR) is 72.6 cm³/mol. The SMILES string of the molecule is CC(C)(C)C[C@H](NC(=O)OCc1ccccc1)C(=O)[O-]. The highest BCUT2D eigenvalue weighted by molar-refractivity contribution is 5.78. The number of rotatable bonds is 5. The van der Waals surface area contributed by atoms with E-state index in [4.69, 9.17) is 4.74 Å². The van der Waals surface area contributed by atoms with Crippen LogP contribution >= 0.6 is 0 Å². The van der Waals surface area contributed by atoms with E-state index in [0.29, 0.717) is 0 Å². The van der Waals surface area contributed by atoms with Crippen LogP contribution in [0.2, 0.25) is 0 Å². The van der Waals surface area contributed by atoms with Gasteiger partial charge in [-0.2, -0.15) is 0 Å². The number of amides is 1. The number of benzene rings is 1. The summed E-state index contributed by atoms with van der Waals surface area (Å²) in [5, 5.41) is 13.3. The summed E-state index contributed by atoms with van der Waals surface area (Å²) in [5.41, 5.74) is 0.598. The van der Waals surface area contributed by atoms with Crippen LogP contribution < -0.4 is 10.4 Å². The first-order valence-electron chi connectivity index (χ1n) is 6.46. The first kappa shape index (κ1) is 16.0. The number of carbonyl (C=O) groups excluding carboxylic acids is 2. The number of nitrogens with one attached hydrogen (secondary N) is 1. The number of aliphatic carboxylic acids is 1. The van der Waals surface area contributed by atoms with Crippen molar-refractivity contribution < 1.29 is 19.4 Å². The number of hydrogen-bond acceptors (Lipinski definition) is 4. The number of carbonyl (C=O) groups is 2. The van der Waals surface area contributed by atoms with Gasteiger partial charge in [0.2, 0.25) is 0 Å². The highest BCUT2D eigenvalue weighted by Gasteiger charge is 2.21. The van der Waals surface area contributed by atoms with Crippen LogP contribution in [-0.4, -0.2) is 18.1 Å². The third-order valence-corrected chi connectivity index (χ3v) is 2.61. The van der Waals surface area contributed by atoms with Gasteiger partial charge in [0.1, 0.15) is 6.61 Å². The normalized spacial score (nSPS) is 12.6. The molecule has 1 amide bonds. The summed E-state index contributed by atoms with van der Waals surface area (Å²) < 4.78 is 4.98. The fourth-order valence-corrected chi connectivity index (χ4v) is 1.71. The molecule has 0 fully saturated rings. The molecule has 1 N–H and O–H groups in total. The third-order valence-electron chi connectivity index (χ3n) is 2.61. The summed E-state index contributed by atoms with van der Waals surface area (Å²) in [6.07, 6.45) is -0.484. The van der Waals surface area contributed by atoms with E-state index >= 15 is 0 Å². The second-order valence-electron chi connectivity index (χ2n) is 5.84. The summed E-state index contributed by atoms with van der Waals surface area (Å²) in [5.74, 6) is -1.31. The van der Waals surface area contributed by atoms with Gasteiger partial charge < -0.3 is 20.0 Å². The van der Waals surface area contributed by atoms with Gasteiger partial charge in [0.05, 0.1) is 12.0 Å². The fraction of sp³-hybridized carbons (Fsp3) is 0.467. The Kier molecular flexibility index (Phi) is 5.55. The highest BCUT2D eigenvalue weighted by Crippen LogP contribution is 2.20. The maximum Gasteiger partial charge on any atom is 0.407 e. The number of alkyl carbamates (subject to hydrolysis) is 1. The number of ether oxygens (including phenoxy) is 1. The van der Waals surface area contributed by atoms with Gasteiger partial charge in [0.25, 0.3) is 0 Å². The topological polar surface area (TPSA) is 78.5 Å². The van der Waals surface area contributed by atoms with Crippen LogP contribution in [-0.2, 0) is 16.1 Å². The van der Waals surface area contributed by atoms with Crippen molar-refractivity contribution in [1.82, 2.24) is 5.32 Å². The molecule has 0 spiro atoms. The van der Waals surface area contributed by atoms with Gasteiger partial charge in [-0.3, -0.25) is 0 Å².